The quantitative estimate of drug-likeness (QED) is 0.478. The van der Waals surface area contributed by atoms with E-state index in [0.29, 0.717) is 12.1 Å². The van der Waals surface area contributed by atoms with Crippen molar-refractivity contribution in [1.82, 2.24) is 14.9 Å². The van der Waals surface area contributed by atoms with Crippen LogP contribution in [-0.4, -0.2) is 21.2 Å². The first-order chi connectivity index (χ1) is 5.16. The van der Waals surface area contributed by atoms with Gasteiger partial charge in [0.1, 0.15) is 0 Å². The second kappa shape index (κ2) is 2.69. The Kier molecular flexibility index (Phi) is 1.89. The van der Waals surface area contributed by atoms with Crippen molar-refractivity contribution in [3.8, 4) is 0 Å². The summed E-state index contributed by atoms with van der Waals surface area (Å²) in [6.45, 7) is 3.86. The van der Waals surface area contributed by atoms with E-state index in [0.717, 1.165) is 0 Å². The maximum Gasteiger partial charge on any atom is 0.215 e. The van der Waals surface area contributed by atoms with Gasteiger partial charge < -0.3 is 5.84 Å². The Bertz CT molecular complexity index is 266. The number of rotatable bonds is 2. The molecular weight excluding hydrogens is 144 g/mol. The van der Waals surface area contributed by atoms with Crippen molar-refractivity contribution in [1.29, 1.82) is 0 Å². The summed E-state index contributed by atoms with van der Waals surface area (Å²) in [6.07, 6.45) is 0.582. The molecule has 0 spiro atoms. The van der Waals surface area contributed by atoms with E-state index in [1.165, 1.54) is 4.68 Å². The van der Waals surface area contributed by atoms with E-state index in [4.69, 9.17) is 5.84 Å². The normalized spacial score (nSPS) is 10.5. The third kappa shape index (κ3) is 1.21. The average molecular weight is 154 g/mol. The molecule has 0 atom stereocenters. The molecule has 0 aliphatic carbocycles. The van der Waals surface area contributed by atoms with Crippen molar-refractivity contribution in [2.24, 2.45) is 0 Å². The van der Waals surface area contributed by atoms with Gasteiger partial charge in [0.15, 0.2) is 12.1 Å². The number of aromatic nitrogens is 3. The zero-order valence-corrected chi connectivity index (χ0v) is 6.48. The maximum absolute atomic E-state index is 10.3. The monoisotopic (exact) mass is 154 g/mol. The third-order valence-electron chi connectivity index (χ3n) is 1.37. The van der Waals surface area contributed by atoms with Crippen molar-refractivity contribution in [2.75, 3.05) is 5.84 Å². The van der Waals surface area contributed by atoms with Crippen LogP contribution in [0.3, 0.4) is 0 Å². The van der Waals surface area contributed by atoms with Crippen LogP contribution in [0, 0.1) is 0 Å². The first-order valence-corrected chi connectivity index (χ1v) is 3.32. The Morgan fingerprint density at radius 3 is 2.45 bits per heavy atom. The first kappa shape index (κ1) is 7.71. The standard InChI is InChI=1S/C6H10N4O/c1-4(2)6-9-8-5(3-11)10(6)7/h3-4H,7H2,1-2H3. The Labute approximate surface area is 64.2 Å². The molecule has 1 rings (SSSR count). The number of aldehydes is 1. The topological polar surface area (TPSA) is 73.8 Å². The number of nitrogens with zero attached hydrogens (tertiary/aromatic N) is 3. The summed E-state index contributed by atoms with van der Waals surface area (Å²) in [5.41, 5.74) is 0. The summed E-state index contributed by atoms with van der Waals surface area (Å²) in [6, 6.07) is 0. The van der Waals surface area contributed by atoms with Crippen LogP contribution in [-0.2, 0) is 0 Å². The Morgan fingerprint density at radius 1 is 1.55 bits per heavy atom. The minimum absolute atomic E-state index is 0.161. The molecule has 0 aromatic carbocycles. The zero-order valence-electron chi connectivity index (χ0n) is 6.48. The van der Waals surface area contributed by atoms with Gasteiger partial charge in [0.2, 0.25) is 5.82 Å². The summed E-state index contributed by atoms with van der Waals surface area (Å²) < 4.78 is 1.21. The molecule has 60 valence electrons. The lowest BCUT2D eigenvalue weighted by atomic mass is 10.2. The number of nitrogens with two attached hydrogens (primary N) is 1. The predicted octanol–water partition coefficient (Wildman–Crippen LogP) is -0.0722. The van der Waals surface area contributed by atoms with E-state index < -0.39 is 0 Å². The highest BCUT2D eigenvalue weighted by molar-refractivity contribution is 5.69. The van der Waals surface area contributed by atoms with Crippen LogP contribution in [0.15, 0.2) is 0 Å². The third-order valence-corrected chi connectivity index (χ3v) is 1.37. The van der Waals surface area contributed by atoms with Crippen LogP contribution in [0.2, 0.25) is 0 Å². The van der Waals surface area contributed by atoms with E-state index >= 15 is 0 Å². The number of carbonyl (C=O) groups is 1. The largest absolute Gasteiger partial charge is 0.336 e. The van der Waals surface area contributed by atoms with Crippen LogP contribution in [0.4, 0.5) is 0 Å². The van der Waals surface area contributed by atoms with Gasteiger partial charge in [0, 0.05) is 5.92 Å². The summed E-state index contributed by atoms with van der Waals surface area (Å²) in [4.78, 5) is 10.3. The molecule has 1 heterocycles. The SMILES string of the molecule is CC(C)c1nnc(C=O)n1N. The minimum Gasteiger partial charge on any atom is -0.336 e. The van der Waals surface area contributed by atoms with Gasteiger partial charge in [-0.3, -0.25) is 4.79 Å². The highest BCUT2D eigenvalue weighted by Gasteiger charge is 2.10. The molecule has 0 saturated carbocycles. The van der Waals surface area contributed by atoms with Crippen molar-refractivity contribution in [3.63, 3.8) is 0 Å². The van der Waals surface area contributed by atoms with E-state index in [1.807, 2.05) is 13.8 Å². The summed E-state index contributed by atoms with van der Waals surface area (Å²) in [7, 11) is 0. The number of carbonyl (C=O) groups excluding carboxylic acids is 1. The zero-order chi connectivity index (χ0) is 8.43. The van der Waals surface area contributed by atoms with Crippen LogP contribution >= 0.6 is 0 Å². The molecule has 0 fully saturated rings. The molecule has 1 aromatic heterocycles. The first-order valence-electron chi connectivity index (χ1n) is 3.32. The lowest BCUT2D eigenvalue weighted by molar-refractivity contribution is 0.111. The Morgan fingerprint density at radius 2 is 2.18 bits per heavy atom. The number of hydrogen-bond acceptors (Lipinski definition) is 4. The van der Waals surface area contributed by atoms with E-state index in [1.54, 1.807) is 0 Å². The van der Waals surface area contributed by atoms with Crippen molar-refractivity contribution in [2.45, 2.75) is 19.8 Å². The summed E-state index contributed by atoms with van der Waals surface area (Å²) in [5, 5.41) is 7.32. The van der Waals surface area contributed by atoms with Gasteiger partial charge in [-0.05, 0) is 0 Å². The fourth-order valence-electron chi connectivity index (χ4n) is 0.790. The highest BCUT2D eigenvalue weighted by Crippen LogP contribution is 2.08. The Hall–Kier alpha value is -1.39. The molecule has 0 unspecified atom stereocenters. The van der Waals surface area contributed by atoms with Gasteiger partial charge in [0.05, 0.1) is 0 Å². The van der Waals surface area contributed by atoms with Gasteiger partial charge in [-0.1, -0.05) is 13.8 Å². The smallest absolute Gasteiger partial charge is 0.215 e. The second-order valence-corrected chi connectivity index (χ2v) is 2.56. The molecule has 11 heavy (non-hydrogen) atoms. The maximum atomic E-state index is 10.3. The summed E-state index contributed by atoms with van der Waals surface area (Å²) in [5.74, 6) is 6.44. The molecule has 0 saturated heterocycles. The van der Waals surface area contributed by atoms with Crippen molar-refractivity contribution >= 4 is 6.29 Å². The van der Waals surface area contributed by atoms with Gasteiger partial charge in [-0.15, -0.1) is 10.2 Å². The molecule has 0 amide bonds. The molecule has 5 nitrogen and oxygen atoms in total. The predicted molar refractivity (Wildman–Crippen MR) is 39.6 cm³/mol. The lowest BCUT2D eigenvalue weighted by Gasteiger charge is -2.02. The van der Waals surface area contributed by atoms with E-state index in [-0.39, 0.29) is 11.7 Å². The molecule has 1 aromatic rings. The van der Waals surface area contributed by atoms with Crippen LogP contribution in [0.25, 0.3) is 0 Å². The van der Waals surface area contributed by atoms with Crippen LogP contribution in [0.5, 0.6) is 0 Å². The molecule has 0 aliphatic heterocycles. The van der Waals surface area contributed by atoms with Gasteiger partial charge in [-0.2, -0.15) is 0 Å². The molecule has 0 radical (unpaired) electrons. The van der Waals surface area contributed by atoms with Crippen molar-refractivity contribution < 1.29 is 4.79 Å². The van der Waals surface area contributed by atoms with Gasteiger partial charge in [0.25, 0.3) is 0 Å². The van der Waals surface area contributed by atoms with Gasteiger partial charge >= 0.3 is 0 Å². The second-order valence-electron chi connectivity index (χ2n) is 2.56. The molecule has 0 bridgehead atoms. The highest BCUT2D eigenvalue weighted by atomic mass is 16.1. The average Bonchev–Trinajstić information content (AvgIpc) is 2.30. The number of hydrogen-bond donors (Lipinski definition) is 1. The molecule has 0 aliphatic rings. The molecular formula is C6H10N4O. The van der Waals surface area contributed by atoms with Crippen LogP contribution < -0.4 is 5.84 Å². The van der Waals surface area contributed by atoms with Crippen molar-refractivity contribution in [3.05, 3.63) is 11.6 Å². The van der Waals surface area contributed by atoms with E-state index in [2.05, 4.69) is 10.2 Å². The lowest BCUT2D eigenvalue weighted by Crippen LogP contribution is -2.16. The number of nitrogen functional groups attached to an aromatic ring is 1. The van der Waals surface area contributed by atoms with E-state index in [9.17, 15) is 4.79 Å². The molecule has 5 heteroatoms. The Balaban J connectivity index is 3.10. The minimum atomic E-state index is 0.161. The van der Waals surface area contributed by atoms with Crippen LogP contribution in [0.1, 0.15) is 36.2 Å². The molecule has 2 N–H and O–H groups in total. The fraction of sp³-hybridized carbons (Fsp3) is 0.500. The fourth-order valence-corrected chi connectivity index (χ4v) is 0.790. The summed E-state index contributed by atoms with van der Waals surface area (Å²) >= 11 is 0. The van der Waals surface area contributed by atoms with Gasteiger partial charge in [-0.25, -0.2) is 4.68 Å².